The number of carbonyl (C=O) groups is 1. The third-order valence-electron chi connectivity index (χ3n) is 3.46. The van der Waals surface area contributed by atoms with Crippen molar-refractivity contribution in [2.45, 2.75) is 20.3 Å². The molecule has 0 saturated carbocycles. The normalized spacial score (nSPS) is 13.9. The molecule has 2 heterocycles. The highest BCUT2D eigenvalue weighted by Gasteiger charge is 2.14. The molecule has 0 radical (unpaired) electrons. The number of rotatable bonds is 5. The number of nitrogens with one attached hydrogen (secondary N) is 2. The minimum atomic E-state index is -0.323. The van der Waals surface area contributed by atoms with Crippen molar-refractivity contribution in [1.29, 1.82) is 0 Å². The van der Waals surface area contributed by atoms with E-state index < -0.39 is 0 Å². The number of aryl methyl sites for hydroxylation is 1. The van der Waals surface area contributed by atoms with Crippen LogP contribution < -0.4 is 4.72 Å². The molecule has 1 aromatic heterocycles. The molecule has 0 bridgehead atoms. The molecule has 3 rings (SSSR count). The molecule has 0 amide bonds. The molecule has 0 saturated heterocycles. The summed E-state index contributed by atoms with van der Waals surface area (Å²) < 4.78 is 9.71. The molecule has 23 heavy (non-hydrogen) atoms. The van der Waals surface area contributed by atoms with Crippen molar-refractivity contribution in [3.05, 3.63) is 51.3 Å². The molecule has 0 atom stereocenters. The van der Waals surface area contributed by atoms with Gasteiger partial charge in [-0.05, 0) is 49.3 Å². The van der Waals surface area contributed by atoms with Gasteiger partial charge < -0.3 is 14.4 Å². The first kappa shape index (κ1) is 16.1. The standard InChI is InChI=1S/C17H18N2O2S2/c1-3-21-17(20)13-10-12-8-7-11(2)15(16(12)18-13)19-23-14-6-4-5-9-22-14/h5-10,18-19H,3-4H2,1-2H3. The van der Waals surface area contributed by atoms with Crippen LogP contribution in [-0.4, -0.2) is 17.6 Å². The maximum absolute atomic E-state index is 11.9. The van der Waals surface area contributed by atoms with Gasteiger partial charge in [0.1, 0.15) is 5.69 Å². The van der Waals surface area contributed by atoms with Crippen molar-refractivity contribution in [2.75, 3.05) is 11.3 Å². The van der Waals surface area contributed by atoms with Gasteiger partial charge >= 0.3 is 5.97 Å². The van der Waals surface area contributed by atoms with Crippen molar-refractivity contribution in [2.24, 2.45) is 0 Å². The lowest BCUT2D eigenvalue weighted by atomic mass is 10.1. The fraction of sp³-hybridized carbons (Fsp3) is 0.235. The summed E-state index contributed by atoms with van der Waals surface area (Å²) in [7, 11) is 0. The molecule has 1 aliphatic rings. The first-order valence-corrected chi connectivity index (χ1v) is 9.12. The summed E-state index contributed by atoms with van der Waals surface area (Å²) >= 11 is 3.30. The Hall–Kier alpha value is -1.79. The molecule has 2 N–H and O–H groups in total. The number of ether oxygens (including phenoxy) is 1. The summed E-state index contributed by atoms with van der Waals surface area (Å²) in [6, 6.07) is 5.90. The number of fused-ring (bicyclic) bond motifs is 1. The van der Waals surface area contributed by atoms with Gasteiger partial charge in [0.15, 0.2) is 0 Å². The van der Waals surface area contributed by atoms with Crippen molar-refractivity contribution >= 4 is 46.3 Å². The number of allylic oxidation sites excluding steroid dienone is 2. The zero-order chi connectivity index (χ0) is 16.2. The van der Waals surface area contributed by atoms with Crippen LogP contribution in [0.1, 0.15) is 29.4 Å². The van der Waals surface area contributed by atoms with E-state index in [1.807, 2.05) is 12.1 Å². The van der Waals surface area contributed by atoms with Crippen LogP contribution in [-0.2, 0) is 4.74 Å². The summed E-state index contributed by atoms with van der Waals surface area (Å²) in [6.45, 7) is 4.22. The second-order valence-electron chi connectivity index (χ2n) is 5.08. The van der Waals surface area contributed by atoms with Crippen molar-refractivity contribution in [1.82, 2.24) is 4.98 Å². The van der Waals surface area contributed by atoms with E-state index in [-0.39, 0.29) is 5.97 Å². The second-order valence-corrected chi connectivity index (χ2v) is 7.13. The molecule has 0 aliphatic carbocycles. The van der Waals surface area contributed by atoms with Gasteiger partial charge in [-0.1, -0.05) is 36.0 Å². The highest BCUT2D eigenvalue weighted by molar-refractivity contribution is 8.24. The van der Waals surface area contributed by atoms with E-state index in [4.69, 9.17) is 4.74 Å². The average Bonchev–Trinajstić information content (AvgIpc) is 2.99. The van der Waals surface area contributed by atoms with Crippen LogP contribution in [0.4, 0.5) is 5.69 Å². The van der Waals surface area contributed by atoms with Crippen molar-refractivity contribution in [3.63, 3.8) is 0 Å². The Morgan fingerprint density at radius 1 is 1.48 bits per heavy atom. The van der Waals surface area contributed by atoms with Crippen LogP contribution in [0.5, 0.6) is 0 Å². The van der Waals surface area contributed by atoms with Gasteiger partial charge in [0.05, 0.1) is 22.0 Å². The zero-order valence-corrected chi connectivity index (χ0v) is 14.6. The van der Waals surface area contributed by atoms with Crippen LogP contribution in [0.3, 0.4) is 0 Å². The second kappa shape index (κ2) is 7.19. The lowest BCUT2D eigenvalue weighted by Gasteiger charge is -2.12. The molecule has 1 aromatic carbocycles. The summed E-state index contributed by atoms with van der Waals surface area (Å²) in [5, 5.41) is 3.09. The van der Waals surface area contributed by atoms with Crippen molar-refractivity contribution in [3.8, 4) is 0 Å². The highest BCUT2D eigenvalue weighted by Crippen LogP contribution is 2.36. The molecule has 1 aliphatic heterocycles. The molecule has 6 heteroatoms. The first-order valence-electron chi connectivity index (χ1n) is 7.43. The van der Waals surface area contributed by atoms with E-state index in [2.05, 4.69) is 40.3 Å². The number of anilines is 1. The topological polar surface area (TPSA) is 54.1 Å². The Balaban J connectivity index is 1.87. The largest absolute Gasteiger partial charge is 0.461 e. The van der Waals surface area contributed by atoms with Crippen LogP contribution >= 0.6 is 23.7 Å². The molecule has 120 valence electrons. The van der Waals surface area contributed by atoms with E-state index in [1.165, 1.54) is 4.24 Å². The molecule has 2 aromatic rings. The van der Waals surface area contributed by atoms with Crippen LogP contribution in [0.2, 0.25) is 0 Å². The van der Waals surface area contributed by atoms with Crippen LogP contribution in [0.15, 0.2) is 40.0 Å². The molecule has 0 fully saturated rings. The third-order valence-corrected chi connectivity index (χ3v) is 5.40. The van der Waals surface area contributed by atoms with Gasteiger partial charge in [0.25, 0.3) is 0 Å². The Labute approximate surface area is 143 Å². The van der Waals surface area contributed by atoms with Gasteiger partial charge in [-0.15, -0.1) is 0 Å². The number of thioether (sulfide) groups is 1. The smallest absolute Gasteiger partial charge is 0.354 e. The van der Waals surface area contributed by atoms with Gasteiger partial charge in [-0.25, -0.2) is 4.79 Å². The Morgan fingerprint density at radius 3 is 3.09 bits per heavy atom. The minimum absolute atomic E-state index is 0.323. The quantitative estimate of drug-likeness (QED) is 0.575. The molecular weight excluding hydrogens is 328 g/mol. The van der Waals surface area contributed by atoms with E-state index in [1.54, 1.807) is 30.6 Å². The maximum atomic E-state index is 11.9. The van der Waals surface area contributed by atoms with E-state index in [0.717, 1.165) is 28.6 Å². The summed E-state index contributed by atoms with van der Waals surface area (Å²) in [5.74, 6) is -0.323. The number of carbonyl (C=O) groups excluding carboxylic acids is 1. The lowest BCUT2D eigenvalue weighted by Crippen LogP contribution is -2.04. The van der Waals surface area contributed by atoms with Gasteiger partial charge in [-0.2, -0.15) is 0 Å². The number of H-pyrrole nitrogens is 1. The van der Waals surface area contributed by atoms with Gasteiger partial charge in [-0.3, -0.25) is 0 Å². The van der Waals surface area contributed by atoms with Gasteiger partial charge in [0.2, 0.25) is 0 Å². The minimum Gasteiger partial charge on any atom is -0.461 e. The molecule has 0 spiro atoms. The number of benzene rings is 1. The van der Waals surface area contributed by atoms with E-state index >= 15 is 0 Å². The monoisotopic (exact) mass is 346 g/mol. The number of hydrogen-bond donors (Lipinski definition) is 2. The molecule has 0 unspecified atom stereocenters. The van der Waals surface area contributed by atoms with E-state index in [0.29, 0.717) is 12.3 Å². The number of hydrogen-bond acceptors (Lipinski definition) is 5. The maximum Gasteiger partial charge on any atom is 0.354 e. The average molecular weight is 346 g/mol. The summed E-state index contributed by atoms with van der Waals surface area (Å²) in [4.78, 5) is 15.1. The SMILES string of the molecule is CCOC(=O)c1cc2ccc(C)c(NSC3=CCC=CS3)c2[nH]1. The predicted molar refractivity (Wildman–Crippen MR) is 99.6 cm³/mol. The van der Waals surface area contributed by atoms with E-state index in [9.17, 15) is 4.79 Å². The summed E-state index contributed by atoms with van der Waals surface area (Å²) in [5.41, 5.74) is 3.53. The fourth-order valence-electron chi connectivity index (χ4n) is 2.30. The predicted octanol–water partition coefficient (Wildman–Crippen LogP) is 5.21. The zero-order valence-electron chi connectivity index (χ0n) is 13.0. The number of aromatic nitrogens is 1. The third kappa shape index (κ3) is 3.59. The van der Waals surface area contributed by atoms with Gasteiger partial charge in [0, 0.05) is 5.39 Å². The number of esters is 1. The highest BCUT2D eigenvalue weighted by atomic mass is 32.2. The number of aromatic amines is 1. The fourth-order valence-corrected chi connectivity index (χ4v) is 3.97. The van der Waals surface area contributed by atoms with Crippen molar-refractivity contribution < 1.29 is 9.53 Å². The van der Waals surface area contributed by atoms with Crippen LogP contribution in [0.25, 0.3) is 10.9 Å². The lowest BCUT2D eigenvalue weighted by molar-refractivity contribution is 0.0520. The molecular formula is C17H18N2O2S2. The Kier molecular flexibility index (Phi) is 5.03. The molecule has 4 nitrogen and oxygen atoms in total. The van der Waals surface area contributed by atoms with Crippen LogP contribution in [0, 0.1) is 6.92 Å². The Morgan fingerprint density at radius 2 is 2.35 bits per heavy atom. The Bertz CT molecular complexity index is 793. The first-order chi connectivity index (χ1) is 11.2. The summed E-state index contributed by atoms with van der Waals surface area (Å²) in [6.07, 6.45) is 5.30.